The Kier molecular flexibility index (Phi) is 2.24. The number of rotatable bonds is 2. The van der Waals surface area contributed by atoms with E-state index in [9.17, 15) is 4.79 Å². The molecule has 4 nitrogen and oxygen atoms in total. The summed E-state index contributed by atoms with van der Waals surface area (Å²) in [7, 11) is 0. The minimum absolute atomic E-state index is 0.0161. The highest BCUT2D eigenvalue weighted by atomic mass is 16.3. The number of aliphatic hydroxyl groups excluding tert-OH is 1. The van der Waals surface area contributed by atoms with Crippen molar-refractivity contribution in [3.05, 3.63) is 0 Å². The van der Waals surface area contributed by atoms with Gasteiger partial charge in [-0.2, -0.15) is 0 Å². The summed E-state index contributed by atoms with van der Waals surface area (Å²) in [5, 5.41) is 11.3. The smallest absolute Gasteiger partial charge is 0.224 e. The summed E-state index contributed by atoms with van der Waals surface area (Å²) >= 11 is 0. The zero-order chi connectivity index (χ0) is 7.56. The lowest BCUT2D eigenvalue weighted by Crippen LogP contribution is -2.29. The molecule has 58 valence electrons. The van der Waals surface area contributed by atoms with Crippen LogP contribution < -0.4 is 11.1 Å². The van der Waals surface area contributed by atoms with E-state index in [-0.39, 0.29) is 24.5 Å². The van der Waals surface area contributed by atoms with Gasteiger partial charge in [0.15, 0.2) is 0 Å². The minimum Gasteiger partial charge on any atom is -0.394 e. The number of amides is 1. The second-order valence-electron chi connectivity index (χ2n) is 2.56. The summed E-state index contributed by atoms with van der Waals surface area (Å²) in [5.41, 5.74) is 5.30. The van der Waals surface area contributed by atoms with Crippen molar-refractivity contribution in [3.63, 3.8) is 0 Å². The Morgan fingerprint density at radius 2 is 2.50 bits per heavy atom. The topological polar surface area (TPSA) is 75.3 Å². The Labute approximate surface area is 59.4 Å². The van der Waals surface area contributed by atoms with Crippen molar-refractivity contribution in [2.75, 3.05) is 13.2 Å². The third-order valence-electron chi connectivity index (χ3n) is 1.79. The van der Waals surface area contributed by atoms with E-state index < -0.39 is 0 Å². The first-order valence-corrected chi connectivity index (χ1v) is 3.39. The fourth-order valence-corrected chi connectivity index (χ4v) is 1.15. The van der Waals surface area contributed by atoms with Crippen molar-refractivity contribution in [3.8, 4) is 0 Å². The highest BCUT2D eigenvalue weighted by Crippen LogP contribution is 2.12. The van der Waals surface area contributed by atoms with Gasteiger partial charge in [-0.05, 0) is 6.42 Å². The van der Waals surface area contributed by atoms with Crippen LogP contribution in [0.5, 0.6) is 0 Å². The summed E-state index contributed by atoms with van der Waals surface area (Å²) in [6, 6.07) is -0.0685. The molecule has 0 spiro atoms. The van der Waals surface area contributed by atoms with Gasteiger partial charge >= 0.3 is 0 Å². The van der Waals surface area contributed by atoms with E-state index in [2.05, 4.69) is 5.32 Å². The van der Waals surface area contributed by atoms with Crippen molar-refractivity contribution in [1.82, 2.24) is 5.32 Å². The van der Waals surface area contributed by atoms with Crippen LogP contribution in [-0.2, 0) is 4.79 Å². The molecule has 1 saturated heterocycles. The van der Waals surface area contributed by atoms with E-state index >= 15 is 0 Å². The molecule has 0 aromatic rings. The standard InChI is InChI=1S/C6H12N2O2/c7-2-4-1-5(3-9)8-6(4)10/h4-5,9H,1-3,7H2,(H,8,10)/t4-,5+/m0/s1. The molecule has 0 radical (unpaired) electrons. The molecule has 0 unspecified atom stereocenters. The van der Waals surface area contributed by atoms with Gasteiger partial charge in [-0.3, -0.25) is 4.79 Å². The van der Waals surface area contributed by atoms with Crippen molar-refractivity contribution in [1.29, 1.82) is 0 Å². The number of hydrogen-bond donors (Lipinski definition) is 3. The summed E-state index contributed by atoms with van der Waals surface area (Å²) in [5.74, 6) is -0.112. The normalized spacial score (nSPS) is 32.4. The fourth-order valence-electron chi connectivity index (χ4n) is 1.15. The van der Waals surface area contributed by atoms with Gasteiger partial charge in [0.25, 0.3) is 0 Å². The maximum atomic E-state index is 10.9. The van der Waals surface area contributed by atoms with E-state index in [1.54, 1.807) is 0 Å². The van der Waals surface area contributed by atoms with E-state index in [1.165, 1.54) is 0 Å². The quantitative estimate of drug-likeness (QED) is 0.439. The van der Waals surface area contributed by atoms with Crippen LogP contribution in [0.2, 0.25) is 0 Å². The van der Waals surface area contributed by atoms with Gasteiger partial charge in [0.1, 0.15) is 0 Å². The molecule has 1 rings (SSSR count). The molecule has 10 heavy (non-hydrogen) atoms. The molecular weight excluding hydrogens is 132 g/mol. The van der Waals surface area contributed by atoms with Gasteiger partial charge in [0.2, 0.25) is 5.91 Å². The lowest BCUT2D eigenvalue weighted by molar-refractivity contribution is -0.122. The highest BCUT2D eigenvalue weighted by Gasteiger charge is 2.29. The molecule has 0 aromatic heterocycles. The Morgan fingerprint density at radius 3 is 2.80 bits per heavy atom. The minimum atomic E-state index is -0.0860. The monoisotopic (exact) mass is 144 g/mol. The third-order valence-corrected chi connectivity index (χ3v) is 1.79. The zero-order valence-electron chi connectivity index (χ0n) is 5.71. The Bertz CT molecular complexity index is 138. The first-order chi connectivity index (χ1) is 4.77. The molecule has 0 aromatic carbocycles. The van der Waals surface area contributed by atoms with Crippen LogP contribution in [0.4, 0.5) is 0 Å². The summed E-state index contributed by atoms with van der Waals surface area (Å²) < 4.78 is 0. The lowest BCUT2D eigenvalue weighted by Gasteiger charge is -2.02. The van der Waals surface area contributed by atoms with Crippen LogP contribution in [-0.4, -0.2) is 30.2 Å². The van der Waals surface area contributed by atoms with E-state index in [4.69, 9.17) is 10.8 Å². The molecule has 0 aliphatic carbocycles. The van der Waals surface area contributed by atoms with Gasteiger partial charge in [-0.25, -0.2) is 0 Å². The second kappa shape index (κ2) is 2.98. The molecule has 0 bridgehead atoms. The summed E-state index contributed by atoms with van der Waals surface area (Å²) in [6.45, 7) is 0.393. The molecule has 1 aliphatic heterocycles. The van der Waals surface area contributed by atoms with Gasteiger partial charge in [0.05, 0.1) is 18.6 Å². The van der Waals surface area contributed by atoms with E-state index in [0.717, 1.165) is 0 Å². The summed E-state index contributed by atoms with van der Waals surface area (Å²) in [6.07, 6.45) is 0.672. The third kappa shape index (κ3) is 1.27. The highest BCUT2D eigenvalue weighted by molar-refractivity contribution is 5.81. The Hall–Kier alpha value is -0.610. The SMILES string of the molecule is NC[C@@H]1C[C@H](CO)NC1=O. The maximum absolute atomic E-state index is 10.9. The lowest BCUT2D eigenvalue weighted by atomic mass is 10.1. The van der Waals surface area contributed by atoms with Crippen LogP contribution in [0.25, 0.3) is 0 Å². The first-order valence-electron chi connectivity index (χ1n) is 3.39. The second-order valence-corrected chi connectivity index (χ2v) is 2.56. The largest absolute Gasteiger partial charge is 0.394 e. The van der Waals surface area contributed by atoms with Crippen molar-refractivity contribution in [2.24, 2.45) is 11.7 Å². The maximum Gasteiger partial charge on any atom is 0.224 e. The average molecular weight is 144 g/mol. The van der Waals surface area contributed by atoms with E-state index in [1.807, 2.05) is 0 Å². The average Bonchev–Trinajstić information content (AvgIpc) is 2.30. The molecule has 1 heterocycles. The Morgan fingerprint density at radius 1 is 1.80 bits per heavy atom. The van der Waals surface area contributed by atoms with Crippen molar-refractivity contribution >= 4 is 5.91 Å². The first kappa shape index (κ1) is 7.50. The summed E-state index contributed by atoms with van der Waals surface area (Å²) in [4.78, 5) is 10.9. The molecule has 0 saturated carbocycles. The zero-order valence-corrected chi connectivity index (χ0v) is 5.71. The van der Waals surface area contributed by atoms with Gasteiger partial charge in [-0.15, -0.1) is 0 Å². The number of hydrogen-bond acceptors (Lipinski definition) is 3. The van der Waals surface area contributed by atoms with Crippen LogP contribution >= 0.6 is 0 Å². The van der Waals surface area contributed by atoms with Gasteiger partial charge in [0, 0.05) is 6.54 Å². The van der Waals surface area contributed by atoms with Crippen LogP contribution in [0.3, 0.4) is 0 Å². The number of nitrogens with one attached hydrogen (secondary N) is 1. The van der Waals surface area contributed by atoms with Crippen LogP contribution in [0.15, 0.2) is 0 Å². The molecule has 1 fully saturated rings. The van der Waals surface area contributed by atoms with Crippen LogP contribution in [0.1, 0.15) is 6.42 Å². The molecule has 1 amide bonds. The Balaban J connectivity index is 2.44. The predicted octanol–water partition coefficient (Wildman–Crippen LogP) is -1.56. The molecule has 1 aliphatic rings. The fraction of sp³-hybridized carbons (Fsp3) is 0.833. The van der Waals surface area contributed by atoms with Gasteiger partial charge in [-0.1, -0.05) is 0 Å². The number of carbonyl (C=O) groups excluding carboxylic acids is 1. The van der Waals surface area contributed by atoms with Crippen molar-refractivity contribution in [2.45, 2.75) is 12.5 Å². The molecule has 4 N–H and O–H groups in total. The van der Waals surface area contributed by atoms with Gasteiger partial charge < -0.3 is 16.2 Å². The molecule has 2 atom stereocenters. The molecule has 4 heteroatoms. The number of carbonyl (C=O) groups is 1. The predicted molar refractivity (Wildman–Crippen MR) is 36.2 cm³/mol. The number of nitrogens with two attached hydrogens (primary N) is 1. The van der Waals surface area contributed by atoms with Crippen LogP contribution in [0, 0.1) is 5.92 Å². The number of aliphatic hydroxyl groups is 1. The molecular formula is C6H12N2O2. The van der Waals surface area contributed by atoms with E-state index in [0.29, 0.717) is 13.0 Å². The van der Waals surface area contributed by atoms with Crippen molar-refractivity contribution < 1.29 is 9.90 Å².